The zero-order valence-corrected chi connectivity index (χ0v) is 17.8. The first-order valence-electron chi connectivity index (χ1n) is 10.3. The highest BCUT2D eigenvalue weighted by Gasteiger charge is 2.31. The summed E-state index contributed by atoms with van der Waals surface area (Å²) in [5.74, 6) is 0.825. The first kappa shape index (κ1) is 20.1. The molecule has 158 valence electrons. The largest absolute Gasteiger partial charge is 0.497 e. The minimum Gasteiger partial charge on any atom is -0.497 e. The second-order valence-corrected chi connectivity index (χ2v) is 8.13. The fourth-order valence-electron chi connectivity index (χ4n) is 3.66. The van der Waals surface area contributed by atoms with Crippen LogP contribution in [0, 0.1) is 0 Å². The molecule has 4 rings (SSSR count). The summed E-state index contributed by atoms with van der Waals surface area (Å²) in [5.41, 5.74) is 2.27. The number of hydrogen-bond acceptors (Lipinski definition) is 5. The van der Waals surface area contributed by atoms with Gasteiger partial charge in [-0.25, -0.2) is 4.68 Å². The molecule has 1 unspecified atom stereocenters. The van der Waals surface area contributed by atoms with Gasteiger partial charge in [0.1, 0.15) is 12.3 Å². The van der Waals surface area contributed by atoms with Crippen LogP contribution in [-0.4, -0.2) is 32.6 Å². The van der Waals surface area contributed by atoms with E-state index < -0.39 is 0 Å². The first-order valence-corrected chi connectivity index (χ1v) is 10.3. The zero-order valence-electron chi connectivity index (χ0n) is 17.8. The summed E-state index contributed by atoms with van der Waals surface area (Å²) in [6.07, 6.45) is 3.74. The standard InChI is InChI=1S/C22H27N5O3/c1-13(2)27-18-11-23-26(22(29)20(18)21(25-27)16-5-6-16)12-19(28)24-14(3)15-7-9-17(30-4)10-8-15/h7-11,13-14,16H,5-6,12H2,1-4H3,(H,24,28). The number of nitrogens with one attached hydrogen (secondary N) is 1. The molecule has 0 saturated heterocycles. The van der Waals surface area contributed by atoms with Crippen molar-refractivity contribution in [2.24, 2.45) is 0 Å². The molecule has 0 aliphatic heterocycles. The molecule has 1 N–H and O–H groups in total. The average molecular weight is 409 g/mol. The van der Waals surface area contributed by atoms with Gasteiger partial charge in [0.05, 0.1) is 35.9 Å². The van der Waals surface area contributed by atoms with Gasteiger partial charge in [-0.05, 0) is 51.3 Å². The zero-order chi connectivity index (χ0) is 21.4. The second kappa shape index (κ2) is 7.93. The Morgan fingerprint density at radius 1 is 1.23 bits per heavy atom. The summed E-state index contributed by atoms with van der Waals surface area (Å²) in [4.78, 5) is 25.7. The molecule has 1 atom stereocenters. The van der Waals surface area contributed by atoms with Gasteiger partial charge in [0.15, 0.2) is 0 Å². The Kier molecular flexibility index (Phi) is 5.32. The van der Waals surface area contributed by atoms with E-state index in [1.165, 1.54) is 4.68 Å². The van der Waals surface area contributed by atoms with Crippen molar-refractivity contribution < 1.29 is 9.53 Å². The topological polar surface area (TPSA) is 91.0 Å². The van der Waals surface area contributed by atoms with Crippen LogP contribution in [0.4, 0.5) is 0 Å². The minimum atomic E-state index is -0.267. The first-order chi connectivity index (χ1) is 14.4. The van der Waals surface area contributed by atoms with Gasteiger partial charge in [-0.3, -0.25) is 14.3 Å². The SMILES string of the molecule is COc1ccc(C(C)NC(=O)Cn2ncc3c(c(C4CC4)nn3C(C)C)c2=O)cc1. The van der Waals surface area contributed by atoms with E-state index in [0.29, 0.717) is 11.3 Å². The molecule has 2 aromatic heterocycles. The fourth-order valence-corrected chi connectivity index (χ4v) is 3.66. The highest BCUT2D eigenvalue weighted by Crippen LogP contribution is 2.41. The molecule has 0 spiro atoms. The van der Waals surface area contributed by atoms with Crippen molar-refractivity contribution in [3.05, 3.63) is 52.1 Å². The molecule has 1 fully saturated rings. The van der Waals surface area contributed by atoms with Crippen molar-refractivity contribution in [3.63, 3.8) is 0 Å². The predicted molar refractivity (Wildman–Crippen MR) is 114 cm³/mol. The maximum atomic E-state index is 13.1. The number of fused-ring (bicyclic) bond motifs is 1. The van der Waals surface area contributed by atoms with E-state index in [2.05, 4.69) is 15.5 Å². The van der Waals surface area contributed by atoms with Crippen LogP contribution in [0.3, 0.4) is 0 Å². The Balaban J connectivity index is 1.56. The van der Waals surface area contributed by atoms with Crippen LogP contribution < -0.4 is 15.6 Å². The van der Waals surface area contributed by atoms with Crippen LogP contribution in [0.15, 0.2) is 35.3 Å². The van der Waals surface area contributed by atoms with Gasteiger partial charge in [0.2, 0.25) is 5.91 Å². The fraction of sp³-hybridized carbons (Fsp3) is 0.455. The normalized spacial score (nSPS) is 14.8. The van der Waals surface area contributed by atoms with Crippen LogP contribution in [0.25, 0.3) is 10.9 Å². The Labute approximate surface area is 174 Å². The number of carbonyl (C=O) groups excluding carboxylic acids is 1. The summed E-state index contributed by atoms with van der Waals surface area (Å²) < 4.78 is 8.25. The molecular weight excluding hydrogens is 382 g/mol. The van der Waals surface area contributed by atoms with E-state index in [-0.39, 0.29) is 30.1 Å². The van der Waals surface area contributed by atoms with E-state index in [1.807, 2.05) is 49.7 Å². The number of carbonyl (C=O) groups is 1. The third-order valence-electron chi connectivity index (χ3n) is 5.48. The Hall–Kier alpha value is -3.16. The number of methoxy groups -OCH3 is 1. The summed E-state index contributed by atoms with van der Waals surface area (Å²) >= 11 is 0. The van der Waals surface area contributed by atoms with Gasteiger partial charge < -0.3 is 10.1 Å². The van der Waals surface area contributed by atoms with E-state index in [4.69, 9.17) is 4.74 Å². The maximum absolute atomic E-state index is 13.1. The van der Waals surface area contributed by atoms with Gasteiger partial charge in [0.25, 0.3) is 5.56 Å². The summed E-state index contributed by atoms with van der Waals surface area (Å²) in [6.45, 7) is 5.83. The average Bonchev–Trinajstić information content (AvgIpc) is 3.49. The van der Waals surface area contributed by atoms with E-state index in [1.54, 1.807) is 13.3 Å². The van der Waals surface area contributed by atoms with Crippen molar-refractivity contribution in [1.29, 1.82) is 0 Å². The molecule has 3 aromatic rings. The van der Waals surface area contributed by atoms with E-state index in [9.17, 15) is 9.59 Å². The van der Waals surface area contributed by atoms with Crippen molar-refractivity contribution >= 4 is 16.8 Å². The lowest BCUT2D eigenvalue weighted by Gasteiger charge is -2.15. The molecule has 1 aliphatic carbocycles. The second-order valence-electron chi connectivity index (χ2n) is 8.13. The van der Waals surface area contributed by atoms with E-state index >= 15 is 0 Å². The van der Waals surface area contributed by atoms with Gasteiger partial charge in [-0.1, -0.05) is 12.1 Å². The van der Waals surface area contributed by atoms with Crippen LogP contribution in [0.1, 0.15) is 62.9 Å². The maximum Gasteiger partial charge on any atom is 0.278 e. The van der Waals surface area contributed by atoms with Crippen molar-refractivity contribution in [2.45, 2.75) is 58.2 Å². The van der Waals surface area contributed by atoms with Crippen LogP contribution >= 0.6 is 0 Å². The third-order valence-corrected chi connectivity index (χ3v) is 5.48. The number of ether oxygens (including phenoxy) is 1. The molecule has 1 saturated carbocycles. The lowest BCUT2D eigenvalue weighted by molar-refractivity contribution is -0.122. The lowest BCUT2D eigenvalue weighted by Crippen LogP contribution is -2.35. The number of nitrogens with zero attached hydrogens (tertiary/aromatic N) is 4. The quantitative estimate of drug-likeness (QED) is 0.648. The number of hydrogen-bond donors (Lipinski definition) is 1. The van der Waals surface area contributed by atoms with Gasteiger partial charge in [-0.15, -0.1) is 0 Å². The van der Waals surface area contributed by atoms with Crippen molar-refractivity contribution in [2.75, 3.05) is 7.11 Å². The van der Waals surface area contributed by atoms with Crippen molar-refractivity contribution in [1.82, 2.24) is 24.9 Å². The van der Waals surface area contributed by atoms with Gasteiger partial charge in [-0.2, -0.15) is 10.2 Å². The molecule has 30 heavy (non-hydrogen) atoms. The molecule has 0 bridgehead atoms. The van der Waals surface area contributed by atoms with Crippen LogP contribution in [0.2, 0.25) is 0 Å². The number of aromatic nitrogens is 4. The number of rotatable bonds is 7. The molecule has 1 aliphatic rings. The Bertz CT molecular complexity index is 1130. The summed E-state index contributed by atoms with van der Waals surface area (Å²) in [5, 5.41) is 12.5. The predicted octanol–water partition coefficient (Wildman–Crippen LogP) is 2.94. The highest BCUT2D eigenvalue weighted by molar-refractivity contribution is 5.82. The molecule has 1 aromatic carbocycles. The van der Waals surface area contributed by atoms with E-state index in [0.717, 1.165) is 35.4 Å². The third kappa shape index (κ3) is 3.81. The lowest BCUT2D eigenvalue weighted by atomic mass is 10.1. The summed E-state index contributed by atoms with van der Waals surface area (Å²) in [6, 6.07) is 7.44. The highest BCUT2D eigenvalue weighted by atomic mass is 16.5. The Morgan fingerprint density at radius 2 is 1.93 bits per heavy atom. The van der Waals surface area contributed by atoms with Crippen LogP contribution in [0.5, 0.6) is 5.75 Å². The number of benzene rings is 1. The van der Waals surface area contributed by atoms with Gasteiger partial charge in [0, 0.05) is 12.0 Å². The number of amides is 1. The Morgan fingerprint density at radius 3 is 2.53 bits per heavy atom. The molecule has 8 nitrogen and oxygen atoms in total. The molecule has 0 radical (unpaired) electrons. The molecule has 2 heterocycles. The van der Waals surface area contributed by atoms with Crippen LogP contribution in [-0.2, 0) is 11.3 Å². The molecular formula is C22H27N5O3. The molecule has 8 heteroatoms. The molecule has 1 amide bonds. The van der Waals surface area contributed by atoms with Gasteiger partial charge >= 0.3 is 0 Å². The summed E-state index contributed by atoms with van der Waals surface area (Å²) in [7, 11) is 1.61. The minimum absolute atomic E-state index is 0.130. The monoisotopic (exact) mass is 409 g/mol. The van der Waals surface area contributed by atoms with Crippen molar-refractivity contribution in [3.8, 4) is 5.75 Å². The smallest absolute Gasteiger partial charge is 0.278 e.